The van der Waals surface area contributed by atoms with Crippen molar-refractivity contribution in [3.63, 3.8) is 0 Å². The van der Waals surface area contributed by atoms with E-state index in [9.17, 15) is 0 Å². The minimum Gasteiger partial charge on any atom is -0.383 e. The average Bonchev–Trinajstić information content (AvgIpc) is 2.17. The molecule has 1 aromatic rings. The maximum atomic E-state index is 7.07. The van der Waals surface area contributed by atoms with Crippen LogP contribution in [-0.2, 0) is 6.42 Å². The number of rotatable bonds is 0. The van der Waals surface area contributed by atoms with E-state index in [1.54, 1.807) is 6.20 Å². The van der Waals surface area contributed by atoms with Crippen LogP contribution in [0.5, 0.6) is 0 Å². The van der Waals surface area contributed by atoms with Gasteiger partial charge in [0, 0.05) is 12.7 Å². The van der Waals surface area contributed by atoms with Gasteiger partial charge >= 0.3 is 0 Å². The number of nitrogens with zero attached hydrogens (tertiary/aromatic N) is 1. The minimum atomic E-state index is 0.819. The number of aromatic nitrogens is 1. The Morgan fingerprint density at radius 2 is 2.50 bits per heavy atom. The summed E-state index contributed by atoms with van der Waals surface area (Å²) >= 11 is 0. The molecule has 2 heteroatoms. The van der Waals surface area contributed by atoms with Crippen molar-refractivity contribution in [3.8, 4) is 5.92 Å². The number of nitrogens with one attached hydrogen (secondary N) is 1. The molecule has 0 amide bonds. The highest BCUT2D eigenvalue weighted by atomic mass is 14.9. The molecule has 0 saturated heterocycles. The normalized spacial score (nSPS) is 14.2. The Morgan fingerprint density at radius 3 is 3.33 bits per heavy atom. The number of fused-ring (bicyclic) bond motifs is 1. The summed E-state index contributed by atoms with van der Waals surface area (Å²) in [5.41, 5.74) is 2.89. The Labute approximate surface area is 72.0 Å². The molecule has 0 spiro atoms. The van der Waals surface area contributed by atoms with Crippen molar-refractivity contribution in [1.29, 1.82) is 0 Å². The molecule has 1 N–H and O–H groups in total. The largest absolute Gasteiger partial charge is 0.383 e. The third-order valence-corrected chi connectivity index (χ3v) is 2.06. The molecule has 1 aliphatic rings. The van der Waals surface area contributed by atoms with E-state index in [0.717, 1.165) is 36.3 Å². The molecule has 59 valence electrons. The van der Waals surface area contributed by atoms with Gasteiger partial charge in [0.05, 0.1) is 16.9 Å². The summed E-state index contributed by atoms with van der Waals surface area (Å²) < 4.78 is 0. The van der Waals surface area contributed by atoms with Crippen LogP contribution in [0.3, 0.4) is 0 Å². The lowest BCUT2D eigenvalue weighted by molar-refractivity contribution is 0.801. The quantitative estimate of drug-likeness (QED) is 0.575. The summed E-state index contributed by atoms with van der Waals surface area (Å²) in [4.78, 5) is 4.24. The molecule has 0 aromatic carbocycles. The Bertz CT molecular complexity index is 336. The molecule has 2 rings (SSSR count). The Balaban J connectivity index is 2.53. The van der Waals surface area contributed by atoms with E-state index in [-0.39, 0.29) is 0 Å². The number of hydrogen-bond donors (Lipinski definition) is 1. The van der Waals surface area contributed by atoms with Gasteiger partial charge < -0.3 is 5.32 Å². The first kappa shape index (κ1) is 7.17. The van der Waals surface area contributed by atoms with Crippen molar-refractivity contribution < 1.29 is 0 Å². The summed E-state index contributed by atoms with van der Waals surface area (Å²) in [7, 11) is 0. The molecule has 2 nitrogen and oxygen atoms in total. The van der Waals surface area contributed by atoms with Crippen LogP contribution in [0.2, 0.25) is 0 Å². The molecular formula is C10H9N2. The fourth-order valence-corrected chi connectivity index (χ4v) is 1.47. The van der Waals surface area contributed by atoms with Crippen molar-refractivity contribution in [2.24, 2.45) is 0 Å². The van der Waals surface area contributed by atoms with Crippen molar-refractivity contribution in [1.82, 2.24) is 4.98 Å². The van der Waals surface area contributed by atoms with E-state index in [1.807, 2.05) is 6.07 Å². The summed E-state index contributed by atoms with van der Waals surface area (Å²) in [6.07, 6.45) is 10.9. The fraction of sp³-hybridized carbons (Fsp3) is 0.300. The van der Waals surface area contributed by atoms with Crippen LogP contribution < -0.4 is 5.32 Å². The SMILES string of the molecule is [C]#Cc1ccnc2c1NCCC2. The molecule has 2 heterocycles. The monoisotopic (exact) mass is 157 g/mol. The van der Waals surface area contributed by atoms with Gasteiger partial charge in [0.2, 0.25) is 0 Å². The Kier molecular flexibility index (Phi) is 1.71. The molecule has 0 bridgehead atoms. The van der Waals surface area contributed by atoms with E-state index in [2.05, 4.69) is 16.2 Å². The zero-order valence-electron chi connectivity index (χ0n) is 6.72. The fourth-order valence-electron chi connectivity index (χ4n) is 1.47. The number of pyridine rings is 1. The van der Waals surface area contributed by atoms with E-state index in [4.69, 9.17) is 6.42 Å². The molecule has 0 unspecified atom stereocenters. The summed E-state index contributed by atoms with van der Waals surface area (Å²) in [6.45, 7) is 0.980. The highest BCUT2D eigenvalue weighted by molar-refractivity contribution is 5.61. The summed E-state index contributed by atoms with van der Waals surface area (Å²) in [5.74, 6) is 2.40. The average molecular weight is 157 g/mol. The zero-order valence-corrected chi connectivity index (χ0v) is 6.72. The Hall–Kier alpha value is -1.49. The van der Waals surface area contributed by atoms with Gasteiger partial charge in [-0.15, -0.1) is 0 Å². The van der Waals surface area contributed by atoms with E-state index >= 15 is 0 Å². The Morgan fingerprint density at radius 1 is 1.58 bits per heavy atom. The maximum Gasteiger partial charge on any atom is 0.0718 e. The molecular weight excluding hydrogens is 148 g/mol. The third kappa shape index (κ3) is 1.04. The number of anilines is 1. The highest BCUT2D eigenvalue weighted by Gasteiger charge is 2.11. The van der Waals surface area contributed by atoms with Gasteiger partial charge in [-0.25, -0.2) is 0 Å². The van der Waals surface area contributed by atoms with E-state index in [0.29, 0.717) is 0 Å². The van der Waals surface area contributed by atoms with Gasteiger partial charge in [-0.3, -0.25) is 4.98 Å². The molecule has 0 aliphatic carbocycles. The van der Waals surface area contributed by atoms with Crippen LogP contribution in [0.15, 0.2) is 12.3 Å². The molecule has 0 fully saturated rings. The summed E-state index contributed by atoms with van der Waals surface area (Å²) in [6, 6.07) is 1.81. The first-order valence-electron chi connectivity index (χ1n) is 4.06. The van der Waals surface area contributed by atoms with Crippen LogP contribution in [0.25, 0.3) is 0 Å². The van der Waals surface area contributed by atoms with Crippen molar-refractivity contribution in [2.75, 3.05) is 11.9 Å². The van der Waals surface area contributed by atoms with Gasteiger partial charge in [-0.2, -0.15) is 0 Å². The van der Waals surface area contributed by atoms with E-state index < -0.39 is 0 Å². The van der Waals surface area contributed by atoms with Crippen LogP contribution in [0.1, 0.15) is 17.7 Å². The molecule has 0 saturated carbocycles. The second-order valence-corrected chi connectivity index (χ2v) is 2.84. The van der Waals surface area contributed by atoms with Gasteiger partial charge in [0.1, 0.15) is 0 Å². The smallest absolute Gasteiger partial charge is 0.0718 e. The molecule has 1 aromatic heterocycles. The number of hydrogen-bond acceptors (Lipinski definition) is 2. The first-order valence-corrected chi connectivity index (χ1v) is 4.06. The van der Waals surface area contributed by atoms with Gasteiger partial charge in [0.15, 0.2) is 0 Å². The van der Waals surface area contributed by atoms with Crippen LogP contribution in [0.4, 0.5) is 5.69 Å². The lowest BCUT2D eigenvalue weighted by atomic mass is 10.1. The lowest BCUT2D eigenvalue weighted by Crippen LogP contribution is -2.14. The third-order valence-electron chi connectivity index (χ3n) is 2.06. The molecule has 0 atom stereocenters. The van der Waals surface area contributed by atoms with Gasteiger partial charge in [0.25, 0.3) is 0 Å². The molecule has 1 aliphatic heterocycles. The van der Waals surface area contributed by atoms with E-state index in [1.165, 1.54) is 0 Å². The van der Waals surface area contributed by atoms with Crippen LogP contribution in [-0.4, -0.2) is 11.5 Å². The van der Waals surface area contributed by atoms with Crippen LogP contribution in [0, 0.1) is 12.3 Å². The first-order chi connectivity index (χ1) is 5.92. The van der Waals surface area contributed by atoms with Crippen molar-refractivity contribution >= 4 is 5.69 Å². The second kappa shape index (κ2) is 2.86. The molecule has 12 heavy (non-hydrogen) atoms. The maximum absolute atomic E-state index is 7.07. The lowest BCUT2D eigenvalue weighted by Gasteiger charge is -2.17. The van der Waals surface area contributed by atoms with Gasteiger partial charge in [-0.05, 0) is 25.3 Å². The molecule has 1 radical (unpaired) electrons. The standard InChI is InChI=1S/C10H9N2/c1-2-8-5-7-11-9-4-3-6-12-10(8)9/h5,7,12H,3-4,6H2. The van der Waals surface area contributed by atoms with Crippen molar-refractivity contribution in [3.05, 3.63) is 29.9 Å². The van der Waals surface area contributed by atoms with Gasteiger partial charge in [-0.1, -0.05) is 5.92 Å². The second-order valence-electron chi connectivity index (χ2n) is 2.84. The highest BCUT2D eigenvalue weighted by Crippen LogP contribution is 2.22. The predicted octanol–water partition coefficient (Wildman–Crippen LogP) is 1.38. The minimum absolute atomic E-state index is 0.819. The number of aryl methyl sites for hydroxylation is 1. The van der Waals surface area contributed by atoms with Crippen LogP contribution >= 0.6 is 0 Å². The predicted molar refractivity (Wildman–Crippen MR) is 47.3 cm³/mol. The summed E-state index contributed by atoms with van der Waals surface area (Å²) in [5, 5.41) is 3.24. The zero-order chi connectivity index (χ0) is 8.39. The van der Waals surface area contributed by atoms with Crippen molar-refractivity contribution in [2.45, 2.75) is 12.8 Å². The topological polar surface area (TPSA) is 24.9 Å².